The van der Waals surface area contributed by atoms with Crippen LogP contribution in [0, 0.1) is 29.1 Å². The molecule has 27 heavy (non-hydrogen) atoms. The van der Waals surface area contributed by atoms with E-state index in [0.717, 1.165) is 0 Å². The highest BCUT2D eigenvalue weighted by molar-refractivity contribution is 9.10. The van der Waals surface area contributed by atoms with Crippen molar-refractivity contribution in [3.8, 4) is 5.75 Å². The normalized spacial score (nSPS) is 10.4. The van der Waals surface area contributed by atoms with Gasteiger partial charge in [0.2, 0.25) is 5.82 Å². The Morgan fingerprint density at radius 1 is 0.926 bits per heavy atom. The number of halogens is 6. The smallest absolute Gasteiger partial charge is 0.344 e. The van der Waals surface area contributed by atoms with Crippen molar-refractivity contribution >= 4 is 33.5 Å². The summed E-state index contributed by atoms with van der Waals surface area (Å²) in [6.07, 6.45) is 0. The Hall–Kier alpha value is -2.69. The van der Waals surface area contributed by atoms with Gasteiger partial charge in [-0.2, -0.15) is 0 Å². The number of carbonyl (C=O) groups excluding carboxylic acids is 2. The van der Waals surface area contributed by atoms with E-state index in [-0.39, 0.29) is 0 Å². The third-order valence-corrected chi connectivity index (χ3v) is 3.48. The van der Waals surface area contributed by atoms with Crippen molar-refractivity contribution < 1.29 is 41.0 Å². The zero-order chi connectivity index (χ0) is 20.1. The number of nitrogens with one attached hydrogen (secondary N) is 1. The molecule has 2 aromatic carbocycles. The number of anilines is 1. The first-order valence-corrected chi connectivity index (χ1v) is 7.85. The van der Waals surface area contributed by atoms with Crippen molar-refractivity contribution in [2.45, 2.75) is 0 Å². The molecule has 1 N–H and O–H groups in total. The van der Waals surface area contributed by atoms with Crippen LogP contribution >= 0.6 is 15.9 Å². The highest BCUT2D eigenvalue weighted by Crippen LogP contribution is 2.27. The SMILES string of the molecule is O=C(COC(=O)COc1cccc(Br)c1)Nc1c(F)c(F)c(F)c(F)c1F. The highest BCUT2D eigenvalue weighted by atomic mass is 79.9. The van der Waals surface area contributed by atoms with Crippen molar-refractivity contribution in [3.63, 3.8) is 0 Å². The standard InChI is InChI=1S/C16H9BrF5NO4/c17-7-2-1-3-8(4-7)26-6-10(25)27-5-9(24)23-16-14(21)12(19)11(18)13(20)15(16)22/h1-4H,5-6H2,(H,23,24). The Bertz CT molecular complexity index is 864. The van der Waals surface area contributed by atoms with Gasteiger partial charge >= 0.3 is 5.97 Å². The summed E-state index contributed by atoms with van der Waals surface area (Å²) in [7, 11) is 0. The van der Waals surface area contributed by atoms with Crippen LogP contribution in [0.3, 0.4) is 0 Å². The summed E-state index contributed by atoms with van der Waals surface area (Å²) in [6.45, 7) is -1.60. The first kappa shape index (κ1) is 20.6. The van der Waals surface area contributed by atoms with E-state index in [2.05, 4.69) is 20.7 Å². The lowest BCUT2D eigenvalue weighted by Gasteiger charge is -2.10. The molecule has 0 unspecified atom stereocenters. The molecule has 2 aromatic rings. The van der Waals surface area contributed by atoms with Gasteiger partial charge in [-0.15, -0.1) is 0 Å². The van der Waals surface area contributed by atoms with Gasteiger partial charge in [-0.05, 0) is 18.2 Å². The van der Waals surface area contributed by atoms with Gasteiger partial charge in [-0.25, -0.2) is 26.7 Å². The van der Waals surface area contributed by atoms with Gasteiger partial charge in [0.15, 0.2) is 36.5 Å². The van der Waals surface area contributed by atoms with Crippen molar-refractivity contribution in [2.24, 2.45) is 0 Å². The lowest BCUT2D eigenvalue weighted by Crippen LogP contribution is -2.25. The molecule has 0 spiro atoms. The Kier molecular flexibility index (Phi) is 6.72. The number of carbonyl (C=O) groups is 2. The molecule has 0 aromatic heterocycles. The van der Waals surface area contributed by atoms with Gasteiger partial charge in [-0.3, -0.25) is 4.79 Å². The third-order valence-electron chi connectivity index (χ3n) is 2.99. The van der Waals surface area contributed by atoms with Gasteiger partial charge in [0.25, 0.3) is 5.91 Å². The van der Waals surface area contributed by atoms with Crippen LogP contribution in [0.4, 0.5) is 27.6 Å². The van der Waals surface area contributed by atoms with E-state index in [1.54, 1.807) is 24.3 Å². The van der Waals surface area contributed by atoms with Gasteiger partial charge in [0.1, 0.15) is 11.4 Å². The van der Waals surface area contributed by atoms with Crippen molar-refractivity contribution in [1.82, 2.24) is 0 Å². The van der Waals surface area contributed by atoms with E-state index in [0.29, 0.717) is 10.2 Å². The Balaban J connectivity index is 1.90. The molecule has 0 radical (unpaired) electrons. The molecule has 0 bridgehead atoms. The van der Waals surface area contributed by atoms with Crippen LogP contribution in [0.15, 0.2) is 28.7 Å². The number of hydrogen-bond acceptors (Lipinski definition) is 4. The molecule has 0 saturated heterocycles. The molecule has 1 amide bonds. The van der Waals surface area contributed by atoms with Crippen LogP contribution in [-0.2, 0) is 14.3 Å². The van der Waals surface area contributed by atoms with E-state index in [4.69, 9.17) is 4.74 Å². The van der Waals surface area contributed by atoms with Gasteiger partial charge in [0, 0.05) is 4.47 Å². The molecule has 144 valence electrons. The van der Waals surface area contributed by atoms with E-state index < -0.39 is 59.9 Å². The summed E-state index contributed by atoms with van der Waals surface area (Å²) in [4.78, 5) is 23.0. The second-order valence-corrected chi connectivity index (χ2v) is 5.82. The molecule has 0 aliphatic heterocycles. The summed E-state index contributed by atoms with van der Waals surface area (Å²) in [5.74, 6) is -13.2. The average Bonchev–Trinajstić information content (AvgIpc) is 2.65. The predicted molar refractivity (Wildman–Crippen MR) is 85.5 cm³/mol. The molecular formula is C16H9BrF5NO4. The summed E-state index contributed by atoms with van der Waals surface area (Å²) in [5.41, 5.74) is -1.54. The molecular weight excluding hydrogens is 445 g/mol. The zero-order valence-corrected chi connectivity index (χ0v) is 14.7. The molecule has 0 aliphatic rings. The Labute approximate surface area is 157 Å². The zero-order valence-electron chi connectivity index (χ0n) is 13.1. The fraction of sp³-hybridized carbons (Fsp3) is 0.125. The number of ether oxygens (including phenoxy) is 2. The molecule has 5 nitrogen and oxygen atoms in total. The number of esters is 1. The lowest BCUT2D eigenvalue weighted by molar-refractivity contribution is -0.149. The number of rotatable bonds is 6. The molecule has 0 atom stereocenters. The maximum absolute atomic E-state index is 13.4. The van der Waals surface area contributed by atoms with Crippen LogP contribution in [0.1, 0.15) is 0 Å². The molecule has 2 rings (SSSR count). The quantitative estimate of drug-likeness (QED) is 0.313. The highest BCUT2D eigenvalue weighted by Gasteiger charge is 2.27. The second-order valence-electron chi connectivity index (χ2n) is 4.90. The van der Waals surface area contributed by atoms with E-state index in [9.17, 15) is 31.5 Å². The lowest BCUT2D eigenvalue weighted by atomic mass is 10.2. The number of amides is 1. The minimum atomic E-state index is -2.36. The molecule has 11 heteroatoms. The Morgan fingerprint density at radius 3 is 2.11 bits per heavy atom. The topological polar surface area (TPSA) is 64.6 Å². The fourth-order valence-corrected chi connectivity index (χ4v) is 2.16. The van der Waals surface area contributed by atoms with Crippen LogP contribution in [-0.4, -0.2) is 25.1 Å². The summed E-state index contributed by atoms with van der Waals surface area (Å²) in [6, 6.07) is 6.47. The maximum atomic E-state index is 13.4. The van der Waals surface area contributed by atoms with E-state index >= 15 is 0 Å². The van der Waals surface area contributed by atoms with E-state index in [1.807, 2.05) is 0 Å². The van der Waals surface area contributed by atoms with Crippen molar-refractivity contribution in [1.29, 1.82) is 0 Å². The van der Waals surface area contributed by atoms with Crippen molar-refractivity contribution in [2.75, 3.05) is 18.5 Å². The number of hydrogen-bond donors (Lipinski definition) is 1. The van der Waals surface area contributed by atoms with Crippen LogP contribution in [0.5, 0.6) is 5.75 Å². The summed E-state index contributed by atoms with van der Waals surface area (Å²) in [5, 5.41) is 1.46. The summed E-state index contributed by atoms with van der Waals surface area (Å²) >= 11 is 3.19. The van der Waals surface area contributed by atoms with Crippen molar-refractivity contribution in [3.05, 3.63) is 57.8 Å². The largest absolute Gasteiger partial charge is 0.482 e. The van der Waals surface area contributed by atoms with Gasteiger partial charge in [-0.1, -0.05) is 22.0 Å². The fourth-order valence-electron chi connectivity index (χ4n) is 1.78. The third kappa shape index (κ3) is 5.16. The number of benzene rings is 2. The maximum Gasteiger partial charge on any atom is 0.344 e. The monoisotopic (exact) mass is 453 g/mol. The average molecular weight is 454 g/mol. The van der Waals surface area contributed by atoms with Crippen LogP contribution in [0.25, 0.3) is 0 Å². The van der Waals surface area contributed by atoms with Crippen LogP contribution in [0.2, 0.25) is 0 Å². The molecule has 0 saturated carbocycles. The first-order chi connectivity index (χ1) is 12.7. The molecule has 0 aliphatic carbocycles. The minimum Gasteiger partial charge on any atom is -0.482 e. The van der Waals surface area contributed by atoms with E-state index in [1.165, 1.54) is 5.32 Å². The van der Waals surface area contributed by atoms with Crippen LogP contribution < -0.4 is 10.1 Å². The molecule has 0 fully saturated rings. The summed E-state index contributed by atoms with van der Waals surface area (Å²) < 4.78 is 76.1. The molecule has 0 heterocycles. The van der Waals surface area contributed by atoms with Gasteiger partial charge < -0.3 is 14.8 Å². The Morgan fingerprint density at radius 2 is 1.52 bits per heavy atom. The minimum absolute atomic E-state index is 0.326. The second kappa shape index (κ2) is 8.80. The predicted octanol–water partition coefficient (Wildman–Crippen LogP) is 3.71. The van der Waals surface area contributed by atoms with Gasteiger partial charge in [0.05, 0.1) is 0 Å². The first-order valence-electron chi connectivity index (χ1n) is 7.06.